The number of anilines is 1. The maximum atomic E-state index is 8.89. The first-order valence-corrected chi connectivity index (χ1v) is 4.02. The van der Waals surface area contributed by atoms with E-state index in [1.54, 1.807) is 0 Å². The third kappa shape index (κ3) is 38.4. The Morgan fingerprint density at radius 1 is 1.00 bits per heavy atom. The summed E-state index contributed by atoms with van der Waals surface area (Å²) in [5, 5.41) is 17.8. The molecular formula is C10H13HgNO4. The Bertz CT molecular complexity index is 270. The molecule has 0 aliphatic heterocycles. The number of para-hydroxylation sites is 1. The Labute approximate surface area is 115 Å². The molecule has 5 nitrogen and oxygen atoms in total. The maximum Gasteiger partial charge on any atom is 2.00 e. The molecular weight excluding hydrogens is 399 g/mol. The molecule has 0 aliphatic carbocycles. The molecule has 16 heavy (non-hydrogen) atoms. The van der Waals surface area contributed by atoms with Crippen LogP contribution in [0.3, 0.4) is 0 Å². The van der Waals surface area contributed by atoms with Crippen molar-refractivity contribution in [1.29, 1.82) is 0 Å². The number of nitrogens with two attached hydrogens (primary N) is 1. The zero-order chi connectivity index (χ0) is 12.3. The second-order valence-electron chi connectivity index (χ2n) is 2.39. The fraction of sp³-hybridized carbons (Fsp3) is 0.200. The van der Waals surface area contributed by atoms with Gasteiger partial charge in [-0.15, -0.1) is 0 Å². The first kappa shape index (κ1) is 20.3. The van der Waals surface area contributed by atoms with Crippen LogP contribution >= 0.6 is 0 Å². The number of aliphatic carboxylic acids is 2. The molecule has 0 aromatic heterocycles. The van der Waals surface area contributed by atoms with Crippen LogP contribution in [0.2, 0.25) is 0 Å². The molecule has 0 saturated heterocycles. The summed E-state index contributed by atoms with van der Waals surface area (Å²) in [7, 11) is 0. The number of carbonyl (C=O) groups is 2. The molecule has 2 N–H and O–H groups in total. The standard InChI is InChI=1S/C6H7N.2C2H4O2.Hg/c7-6-4-2-1-3-5-6;2*1-2(3)4;/h1-5H,7H2;2*1H3,(H,3,4);/q;;;+2/p-2. The Kier molecular flexibility index (Phi) is 17.7. The quantitative estimate of drug-likeness (QED) is 0.425. The van der Waals surface area contributed by atoms with Gasteiger partial charge < -0.3 is 25.5 Å². The predicted molar refractivity (Wildman–Crippen MR) is 52.2 cm³/mol. The zero-order valence-corrected chi connectivity index (χ0v) is 14.8. The van der Waals surface area contributed by atoms with Gasteiger partial charge in [-0.3, -0.25) is 0 Å². The van der Waals surface area contributed by atoms with Crippen LogP contribution in [0.5, 0.6) is 0 Å². The smallest absolute Gasteiger partial charge is 0.550 e. The number of rotatable bonds is 0. The van der Waals surface area contributed by atoms with Crippen molar-refractivity contribution in [2.75, 3.05) is 5.73 Å². The van der Waals surface area contributed by atoms with Crippen molar-refractivity contribution in [3.05, 3.63) is 30.3 Å². The molecule has 0 radical (unpaired) electrons. The summed E-state index contributed by atoms with van der Waals surface area (Å²) in [5.41, 5.74) is 6.18. The second-order valence-corrected chi connectivity index (χ2v) is 2.39. The summed E-state index contributed by atoms with van der Waals surface area (Å²) in [6, 6.07) is 9.49. The van der Waals surface area contributed by atoms with Crippen molar-refractivity contribution in [3.63, 3.8) is 0 Å². The molecule has 0 unspecified atom stereocenters. The molecule has 6 heteroatoms. The summed E-state index contributed by atoms with van der Waals surface area (Å²) in [6.07, 6.45) is 0. The van der Waals surface area contributed by atoms with Crippen LogP contribution in [-0.2, 0) is 37.3 Å². The minimum Gasteiger partial charge on any atom is -0.550 e. The molecule has 0 spiro atoms. The number of carboxylic acids is 2. The summed E-state index contributed by atoms with van der Waals surface area (Å²) < 4.78 is 0. The van der Waals surface area contributed by atoms with E-state index in [0.29, 0.717) is 0 Å². The second kappa shape index (κ2) is 13.9. The Hall–Kier alpha value is -1.10. The van der Waals surface area contributed by atoms with Crippen LogP contribution < -0.4 is 15.9 Å². The molecule has 0 saturated carbocycles. The SMILES string of the molecule is CC(=O)[O-].CC(=O)[O-].Nc1ccccc1.[Hg+2]. The molecule has 0 heterocycles. The normalized spacial score (nSPS) is 6.88. The van der Waals surface area contributed by atoms with E-state index >= 15 is 0 Å². The fourth-order valence-electron chi connectivity index (χ4n) is 0.453. The van der Waals surface area contributed by atoms with Gasteiger partial charge in [0, 0.05) is 17.6 Å². The third-order valence-corrected chi connectivity index (χ3v) is 0.800. The molecule has 1 rings (SSSR count). The van der Waals surface area contributed by atoms with Crippen LogP contribution in [0.4, 0.5) is 5.69 Å². The summed E-state index contributed by atoms with van der Waals surface area (Å²) in [4.78, 5) is 17.8. The van der Waals surface area contributed by atoms with E-state index in [1.807, 2.05) is 30.3 Å². The zero-order valence-electron chi connectivity index (χ0n) is 9.30. The van der Waals surface area contributed by atoms with E-state index in [-0.39, 0.29) is 27.7 Å². The summed E-state index contributed by atoms with van der Waals surface area (Å²) in [5.74, 6) is -2.17. The topological polar surface area (TPSA) is 106 Å². The van der Waals surface area contributed by atoms with Crippen molar-refractivity contribution < 1.29 is 47.5 Å². The first-order valence-electron chi connectivity index (χ1n) is 4.02. The molecule has 84 valence electrons. The number of benzene rings is 1. The van der Waals surface area contributed by atoms with Gasteiger partial charge in [0.25, 0.3) is 0 Å². The third-order valence-electron chi connectivity index (χ3n) is 0.800. The van der Waals surface area contributed by atoms with E-state index in [1.165, 1.54) is 0 Å². The van der Waals surface area contributed by atoms with Gasteiger partial charge in [0.2, 0.25) is 0 Å². The van der Waals surface area contributed by atoms with Crippen LogP contribution in [0.25, 0.3) is 0 Å². The minimum absolute atomic E-state index is 0. The number of carboxylic acid groups (broad SMARTS) is 2. The monoisotopic (exact) mass is 413 g/mol. The maximum absolute atomic E-state index is 8.89. The van der Waals surface area contributed by atoms with Crippen molar-refractivity contribution in [2.45, 2.75) is 13.8 Å². The molecule has 0 atom stereocenters. The van der Waals surface area contributed by atoms with Gasteiger partial charge in [0.1, 0.15) is 0 Å². The van der Waals surface area contributed by atoms with Gasteiger partial charge in [-0.05, 0) is 26.0 Å². The molecule has 1 aromatic carbocycles. The van der Waals surface area contributed by atoms with E-state index in [2.05, 4.69) is 0 Å². The molecule has 0 bridgehead atoms. The fourth-order valence-corrected chi connectivity index (χ4v) is 0.453. The average molecular weight is 412 g/mol. The van der Waals surface area contributed by atoms with Gasteiger partial charge >= 0.3 is 27.7 Å². The van der Waals surface area contributed by atoms with E-state index in [9.17, 15) is 0 Å². The van der Waals surface area contributed by atoms with E-state index in [4.69, 9.17) is 25.5 Å². The Morgan fingerprint density at radius 3 is 1.38 bits per heavy atom. The van der Waals surface area contributed by atoms with Crippen molar-refractivity contribution in [3.8, 4) is 0 Å². The number of hydrogen-bond donors (Lipinski definition) is 1. The van der Waals surface area contributed by atoms with Gasteiger partial charge in [0.15, 0.2) is 0 Å². The largest absolute Gasteiger partial charge is 2.00 e. The Morgan fingerprint density at radius 2 is 1.25 bits per heavy atom. The van der Waals surface area contributed by atoms with Crippen LogP contribution in [-0.4, -0.2) is 11.9 Å². The first-order chi connectivity index (χ1) is 6.86. The van der Waals surface area contributed by atoms with Crippen LogP contribution in [0, 0.1) is 0 Å². The number of carbonyl (C=O) groups excluding carboxylic acids is 2. The van der Waals surface area contributed by atoms with Gasteiger partial charge in [0.05, 0.1) is 0 Å². The van der Waals surface area contributed by atoms with Gasteiger partial charge in [-0.1, -0.05) is 18.2 Å². The van der Waals surface area contributed by atoms with E-state index in [0.717, 1.165) is 19.5 Å². The van der Waals surface area contributed by atoms with Crippen molar-refractivity contribution in [2.24, 2.45) is 0 Å². The summed E-state index contributed by atoms with van der Waals surface area (Å²) in [6.45, 7) is 1.94. The molecule has 0 fully saturated rings. The number of nitrogen functional groups attached to an aromatic ring is 1. The van der Waals surface area contributed by atoms with Crippen LogP contribution in [0.15, 0.2) is 30.3 Å². The average Bonchev–Trinajstić information content (AvgIpc) is 2.03. The summed E-state index contributed by atoms with van der Waals surface area (Å²) >= 11 is 0. The molecule has 0 aliphatic rings. The van der Waals surface area contributed by atoms with Gasteiger partial charge in [-0.25, -0.2) is 0 Å². The minimum atomic E-state index is -1.08. The molecule has 0 amide bonds. The number of hydrogen-bond acceptors (Lipinski definition) is 5. The van der Waals surface area contributed by atoms with Gasteiger partial charge in [-0.2, -0.15) is 0 Å². The van der Waals surface area contributed by atoms with Crippen LogP contribution in [0.1, 0.15) is 13.8 Å². The molecule has 1 aromatic rings. The van der Waals surface area contributed by atoms with Crippen molar-refractivity contribution >= 4 is 17.6 Å². The predicted octanol–water partition coefficient (Wildman–Crippen LogP) is -1.22. The van der Waals surface area contributed by atoms with E-state index < -0.39 is 11.9 Å². The Balaban J connectivity index is -0.000000166. The van der Waals surface area contributed by atoms with Crippen molar-refractivity contribution in [1.82, 2.24) is 0 Å².